The van der Waals surface area contributed by atoms with Gasteiger partial charge in [0.2, 0.25) is 11.8 Å². The fourth-order valence-electron chi connectivity index (χ4n) is 3.82. The Bertz CT molecular complexity index is 664. The lowest BCUT2D eigenvalue weighted by Gasteiger charge is -2.29. The molecule has 1 aromatic heterocycles. The summed E-state index contributed by atoms with van der Waals surface area (Å²) in [4.78, 5) is 44.0. The summed E-state index contributed by atoms with van der Waals surface area (Å²) < 4.78 is 0. The molecule has 3 heterocycles. The number of nitrogens with one attached hydrogen (secondary N) is 1. The van der Waals surface area contributed by atoms with Gasteiger partial charge in [0.05, 0.1) is 11.4 Å². The maximum atomic E-state index is 13.1. The molecule has 3 rings (SSSR count). The topological polar surface area (TPSA) is 73.0 Å². The summed E-state index contributed by atoms with van der Waals surface area (Å²) in [7, 11) is 0. The van der Waals surface area contributed by atoms with E-state index in [1.807, 2.05) is 29.3 Å². The zero-order chi connectivity index (χ0) is 19.2. The van der Waals surface area contributed by atoms with Gasteiger partial charge in [0.15, 0.2) is 0 Å². The summed E-state index contributed by atoms with van der Waals surface area (Å²) in [6.45, 7) is 6.35. The van der Waals surface area contributed by atoms with Crippen LogP contribution >= 0.6 is 11.3 Å². The quantitative estimate of drug-likeness (QED) is 0.812. The molecule has 2 fully saturated rings. The smallest absolute Gasteiger partial charge is 0.264 e. The predicted octanol–water partition coefficient (Wildman–Crippen LogP) is 1.02. The van der Waals surface area contributed by atoms with Crippen LogP contribution in [0.5, 0.6) is 0 Å². The molecule has 0 saturated carbocycles. The maximum Gasteiger partial charge on any atom is 0.264 e. The molecular weight excluding hydrogens is 364 g/mol. The molecule has 1 atom stereocenters. The predicted molar refractivity (Wildman–Crippen MR) is 105 cm³/mol. The van der Waals surface area contributed by atoms with E-state index in [-0.39, 0.29) is 23.8 Å². The number of likely N-dealkylation sites (tertiary alicyclic amines) is 1. The average Bonchev–Trinajstić information content (AvgIpc) is 3.30. The standard InChI is InChI=1S/C19H28N4O3S/c1-2-20-17(24)14-21-8-5-9-22(12-11-21)18(25)15-6-3-10-23(15)19(26)16-7-4-13-27-16/h4,7,13,15H,2-3,5-6,8-12,14H2,1H3,(H,20,24)/t15-/m0/s1. The van der Waals surface area contributed by atoms with Gasteiger partial charge in [-0.2, -0.15) is 0 Å². The lowest BCUT2D eigenvalue weighted by Crippen LogP contribution is -2.48. The highest BCUT2D eigenvalue weighted by Gasteiger charge is 2.37. The lowest BCUT2D eigenvalue weighted by molar-refractivity contribution is -0.135. The zero-order valence-corrected chi connectivity index (χ0v) is 16.7. The SMILES string of the molecule is CCNC(=O)CN1CCCN(C(=O)[C@@H]2CCCN2C(=O)c2cccs2)CC1. The molecule has 0 aromatic carbocycles. The summed E-state index contributed by atoms with van der Waals surface area (Å²) in [5, 5.41) is 4.71. The monoisotopic (exact) mass is 392 g/mol. The minimum atomic E-state index is -0.352. The number of amides is 3. The van der Waals surface area contributed by atoms with Gasteiger partial charge in [0.25, 0.3) is 5.91 Å². The molecule has 2 saturated heterocycles. The minimum absolute atomic E-state index is 0.0285. The molecule has 0 unspecified atom stereocenters. The first-order valence-electron chi connectivity index (χ1n) is 9.72. The van der Waals surface area contributed by atoms with Gasteiger partial charge in [-0.1, -0.05) is 6.07 Å². The van der Waals surface area contributed by atoms with E-state index in [1.54, 1.807) is 4.90 Å². The summed E-state index contributed by atoms with van der Waals surface area (Å²) in [5.41, 5.74) is 0. The molecule has 1 N–H and O–H groups in total. The third kappa shape index (κ3) is 4.87. The number of carbonyl (C=O) groups excluding carboxylic acids is 3. The highest BCUT2D eigenvalue weighted by atomic mass is 32.1. The molecule has 2 aliphatic heterocycles. The molecule has 3 amide bonds. The van der Waals surface area contributed by atoms with E-state index in [4.69, 9.17) is 0 Å². The maximum absolute atomic E-state index is 13.1. The Morgan fingerprint density at radius 3 is 2.74 bits per heavy atom. The lowest BCUT2D eigenvalue weighted by atomic mass is 10.2. The normalized spacial score (nSPS) is 21.1. The molecule has 0 bridgehead atoms. The highest BCUT2D eigenvalue weighted by Crippen LogP contribution is 2.24. The zero-order valence-electron chi connectivity index (χ0n) is 15.9. The van der Waals surface area contributed by atoms with Crippen LogP contribution in [0, 0.1) is 0 Å². The second-order valence-corrected chi connectivity index (χ2v) is 7.99. The third-order valence-corrected chi connectivity index (χ3v) is 6.03. The van der Waals surface area contributed by atoms with Crippen LogP contribution in [0.2, 0.25) is 0 Å². The highest BCUT2D eigenvalue weighted by molar-refractivity contribution is 7.12. The van der Waals surface area contributed by atoms with E-state index in [0.29, 0.717) is 44.1 Å². The molecule has 0 radical (unpaired) electrons. The average molecular weight is 393 g/mol. The van der Waals surface area contributed by atoms with Crippen LogP contribution < -0.4 is 5.32 Å². The fraction of sp³-hybridized carbons (Fsp3) is 0.632. The van der Waals surface area contributed by atoms with Crippen molar-refractivity contribution in [2.75, 3.05) is 45.8 Å². The first-order valence-corrected chi connectivity index (χ1v) is 10.6. The molecular formula is C19H28N4O3S. The van der Waals surface area contributed by atoms with Crippen LogP contribution in [-0.4, -0.2) is 84.3 Å². The molecule has 27 heavy (non-hydrogen) atoms. The van der Waals surface area contributed by atoms with Gasteiger partial charge in [-0.3, -0.25) is 19.3 Å². The van der Waals surface area contributed by atoms with E-state index < -0.39 is 0 Å². The van der Waals surface area contributed by atoms with Crippen molar-refractivity contribution in [3.63, 3.8) is 0 Å². The van der Waals surface area contributed by atoms with Gasteiger partial charge >= 0.3 is 0 Å². The van der Waals surface area contributed by atoms with Crippen molar-refractivity contribution in [2.24, 2.45) is 0 Å². The van der Waals surface area contributed by atoms with Gasteiger partial charge < -0.3 is 15.1 Å². The van der Waals surface area contributed by atoms with Crippen molar-refractivity contribution >= 4 is 29.1 Å². The van der Waals surface area contributed by atoms with Gasteiger partial charge in [0, 0.05) is 39.3 Å². The van der Waals surface area contributed by atoms with E-state index in [1.165, 1.54) is 11.3 Å². The van der Waals surface area contributed by atoms with Crippen LogP contribution in [0.3, 0.4) is 0 Å². The van der Waals surface area contributed by atoms with Crippen molar-refractivity contribution in [3.8, 4) is 0 Å². The number of rotatable bonds is 5. The van der Waals surface area contributed by atoms with Crippen molar-refractivity contribution in [1.29, 1.82) is 0 Å². The van der Waals surface area contributed by atoms with Crippen molar-refractivity contribution in [3.05, 3.63) is 22.4 Å². The van der Waals surface area contributed by atoms with Gasteiger partial charge in [-0.05, 0) is 37.6 Å². The summed E-state index contributed by atoms with van der Waals surface area (Å²) in [5.74, 6) is 0.0478. The molecule has 148 valence electrons. The Kier molecular flexibility index (Phi) is 6.84. The molecule has 0 aliphatic carbocycles. The van der Waals surface area contributed by atoms with E-state index in [2.05, 4.69) is 10.2 Å². The van der Waals surface area contributed by atoms with E-state index in [0.717, 1.165) is 25.8 Å². The summed E-state index contributed by atoms with van der Waals surface area (Å²) >= 11 is 1.42. The molecule has 8 heteroatoms. The number of hydrogen-bond acceptors (Lipinski definition) is 5. The van der Waals surface area contributed by atoms with Crippen molar-refractivity contribution in [2.45, 2.75) is 32.2 Å². The second kappa shape index (κ2) is 9.32. The van der Waals surface area contributed by atoms with Gasteiger partial charge in [-0.15, -0.1) is 11.3 Å². The Hall–Kier alpha value is -1.93. The van der Waals surface area contributed by atoms with E-state index in [9.17, 15) is 14.4 Å². The number of thiophene rings is 1. The molecule has 2 aliphatic rings. The summed E-state index contributed by atoms with van der Waals surface area (Å²) in [6.07, 6.45) is 2.44. The molecule has 0 spiro atoms. The second-order valence-electron chi connectivity index (χ2n) is 7.04. The van der Waals surface area contributed by atoms with E-state index >= 15 is 0 Å². The fourth-order valence-corrected chi connectivity index (χ4v) is 4.50. The Morgan fingerprint density at radius 1 is 1.15 bits per heavy atom. The van der Waals surface area contributed by atoms with Crippen LogP contribution in [-0.2, 0) is 9.59 Å². The Morgan fingerprint density at radius 2 is 2.00 bits per heavy atom. The number of likely N-dealkylation sites (N-methyl/N-ethyl adjacent to an activating group) is 1. The van der Waals surface area contributed by atoms with Crippen LogP contribution in [0.4, 0.5) is 0 Å². The number of hydrogen-bond donors (Lipinski definition) is 1. The first-order chi connectivity index (χ1) is 13.1. The summed E-state index contributed by atoms with van der Waals surface area (Å²) in [6, 6.07) is 3.33. The first kappa shape index (κ1) is 19.8. The molecule has 7 nitrogen and oxygen atoms in total. The van der Waals surface area contributed by atoms with Gasteiger partial charge in [0.1, 0.15) is 6.04 Å². The van der Waals surface area contributed by atoms with Crippen LogP contribution in [0.25, 0.3) is 0 Å². The number of carbonyl (C=O) groups is 3. The van der Waals surface area contributed by atoms with Gasteiger partial charge in [-0.25, -0.2) is 0 Å². The largest absolute Gasteiger partial charge is 0.355 e. The van der Waals surface area contributed by atoms with Crippen molar-refractivity contribution in [1.82, 2.24) is 20.0 Å². The van der Waals surface area contributed by atoms with Crippen molar-refractivity contribution < 1.29 is 14.4 Å². The molecule has 1 aromatic rings. The van der Waals surface area contributed by atoms with Crippen LogP contribution in [0.15, 0.2) is 17.5 Å². The number of nitrogens with zero attached hydrogens (tertiary/aromatic N) is 3. The minimum Gasteiger partial charge on any atom is -0.355 e. The Balaban J connectivity index is 1.58. The third-order valence-electron chi connectivity index (χ3n) is 5.17. The van der Waals surface area contributed by atoms with Crippen LogP contribution in [0.1, 0.15) is 35.9 Å². The Labute approximate surface area is 164 Å².